The SMILES string of the molecule is C=CCN(CCC(C)/C=C(\C)F)CC(CO)NC(=O)OC(CC)Cn1cnc2cc(Cl)c(Cl)cc21. The van der Waals surface area contributed by atoms with Crippen LogP contribution in [0.4, 0.5) is 9.18 Å². The molecule has 35 heavy (non-hydrogen) atoms. The van der Waals surface area contributed by atoms with Gasteiger partial charge >= 0.3 is 6.09 Å². The molecule has 1 aromatic carbocycles. The Morgan fingerprint density at radius 1 is 1.40 bits per heavy atom. The summed E-state index contributed by atoms with van der Waals surface area (Å²) in [6.45, 7) is 10.9. The van der Waals surface area contributed by atoms with Crippen molar-refractivity contribution < 1.29 is 19.0 Å². The molecule has 1 amide bonds. The molecule has 0 spiro atoms. The third-order valence-corrected chi connectivity index (χ3v) is 6.34. The molecule has 1 heterocycles. The number of nitrogens with zero attached hydrogens (tertiary/aromatic N) is 3. The first kappa shape index (κ1) is 29.1. The molecule has 194 valence electrons. The van der Waals surface area contributed by atoms with Crippen LogP contribution in [0, 0.1) is 5.92 Å². The molecule has 0 aliphatic heterocycles. The number of hydrogen-bond acceptors (Lipinski definition) is 5. The van der Waals surface area contributed by atoms with E-state index in [0.717, 1.165) is 11.9 Å². The standard InChI is InChI=1S/C25H35Cl2FN4O3/c1-5-8-31(9-7-17(3)10-18(4)28)13-19(15-33)30-25(34)35-20(6-2)14-32-16-29-23-11-21(26)22(27)12-24(23)32/h5,10-12,16-17,19-20,33H,1,6-9,13-15H2,2-4H3,(H,30,34)/b18-10+. The molecule has 2 N–H and O–H groups in total. The number of fused-ring (bicyclic) bond motifs is 1. The first-order valence-corrected chi connectivity index (χ1v) is 12.5. The van der Waals surface area contributed by atoms with Gasteiger partial charge in [0.2, 0.25) is 0 Å². The topological polar surface area (TPSA) is 79.6 Å². The highest BCUT2D eigenvalue weighted by atomic mass is 35.5. The van der Waals surface area contributed by atoms with Gasteiger partial charge in [-0.2, -0.15) is 0 Å². The predicted octanol–water partition coefficient (Wildman–Crippen LogP) is 5.60. The summed E-state index contributed by atoms with van der Waals surface area (Å²) in [5, 5.41) is 13.4. The van der Waals surface area contributed by atoms with Crippen LogP contribution in [0.3, 0.4) is 0 Å². The van der Waals surface area contributed by atoms with Gasteiger partial charge in [0.1, 0.15) is 6.10 Å². The van der Waals surface area contributed by atoms with E-state index in [4.69, 9.17) is 27.9 Å². The fourth-order valence-corrected chi connectivity index (χ4v) is 4.10. The normalized spacial score (nSPS) is 14.7. The minimum absolute atomic E-state index is 0.0771. The lowest BCUT2D eigenvalue weighted by Gasteiger charge is -2.27. The number of amides is 1. The van der Waals surface area contributed by atoms with Gasteiger partial charge in [-0.25, -0.2) is 14.2 Å². The molecule has 0 saturated heterocycles. The fraction of sp³-hybridized carbons (Fsp3) is 0.520. The highest BCUT2D eigenvalue weighted by Gasteiger charge is 2.20. The number of aromatic nitrogens is 2. The zero-order chi connectivity index (χ0) is 26.0. The number of carbonyl (C=O) groups excluding carboxylic acids is 1. The van der Waals surface area contributed by atoms with Crippen LogP contribution in [-0.4, -0.2) is 64.0 Å². The Bertz CT molecular complexity index is 1010. The summed E-state index contributed by atoms with van der Waals surface area (Å²) in [5.74, 6) is -0.125. The van der Waals surface area contributed by atoms with Crippen LogP contribution < -0.4 is 5.32 Å². The van der Waals surface area contributed by atoms with Crippen LogP contribution in [0.15, 0.2) is 43.0 Å². The first-order chi connectivity index (χ1) is 16.7. The second-order valence-corrected chi connectivity index (χ2v) is 9.49. The molecule has 10 heteroatoms. The number of ether oxygens (including phenoxy) is 1. The largest absolute Gasteiger partial charge is 0.444 e. The molecule has 2 aromatic rings. The molecule has 1 aromatic heterocycles. The van der Waals surface area contributed by atoms with Crippen molar-refractivity contribution >= 4 is 40.3 Å². The van der Waals surface area contributed by atoms with E-state index in [0.29, 0.717) is 48.2 Å². The molecule has 3 unspecified atom stereocenters. The number of aliphatic hydroxyl groups excluding tert-OH is 1. The van der Waals surface area contributed by atoms with Crippen molar-refractivity contribution in [2.45, 2.75) is 52.3 Å². The molecular weight excluding hydrogens is 494 g/mol. The maximum atomic E-state index is 13.1. The lowest BCUT2D eigenvalue weighted by Crippen LogP contribution is -2.47. The summed E-state index contributed by atoms with van der Waals surface area (Å²) in [6, 6.07) is 2.91. The van der Waals surface area contributed by atoms with Gasteiger partial charge in [-0.05, 0) is 44.4 Å². The molecule has 0 radical (unpaired) electrons. The lowest BCUT2D eigenvalue weighted by atomic mass is 10.1. The lowest BCUT2D eigenvalue weighted by molar-refractivity contribution is 0.0770. The molecule has 7 nitrogen and oxygen atoms in total. The van der Waals surface area contributed by atoms with Gasteiger partial charge in [-0.1, -0.05) is 49.2 Å². The first-order valence-electron chi connectivity index (χ1n) is 11.7. The third-order valence-electron chi connectivity index (χ3n) is 5.62. The van der Waals surface area contributed by atoms with Crippen molar-refractivity contribution in [1.82, 2.24) is 19.8 Å². The van der Waals surface area contributed by atoms with Gasteiger partial charge in [0, 0.05) is 13.1 Å². The summed E-state index contributed by atoms with van der Waals surface area (Å²) < 4.78 is 20.6. The molecular formula is C25H35Cl2FN4O3. The Balaban J connectivity index is 1.95. The number of imidazole rings is 1. The molecule has 2 rings (SSSR count). The Morgan fingerprint density at radius 2 is 2.11 bits per heavy atom. The second kappa shape index (κ2) is 14.4. The van der Waals surface area contributed by atoms with Gasteiger partial charge in [0.15, 0.2) is 0 Å². The Hall–Kier alpha value is -2.13. The van der Waals surface area contributed by atoms with Crippen molar-refractivity contribution in [3.8, 4) is 0 Å². The van der Waals surface area contributed by atoms with E-state index in [1.54, 1.807) is 30.6 Å². The maximum Gasteiger partial charge on any atom is 0.407 e. The third kappa shape index (κ3) is 9.44. The molecule has 0 aliphatic rings. The summed E-state index contributed by atoms with van der Waals surface area (Å²) >= 11 is 12.2. The van der Waals surface area contributed by atoms with Gasteiger partial charge in [-0.3, -0.25) is 4.90 Å². The summed E-state index contributed by atoms with van der Waals surface area (Å²) in [6.07, 6.45) is 5.30. The molecule has 3 atom stereocenters. The number of allylic oxidation sites excluding steroid dienone is 2. The average Bonchev–Trinajstić information content (AvgIpc) is 3.17. The van der Waals surface area contributed by atoms with Crippen LogP contribution in [0.25, 0.3) is 11.0 Å². The summed E-state index contributed by atoms with van der Waals surface area (Å²) in [5.41, 5.74) is 1.50. The Kier molecular flexibility index (Phi) is 12.0. The van der Waals surface area contributed by atoms with Gasteiger partial charge in [0.25, 0.3) is 0 Å². The molecule has 0 aliphatic carbocycles. The van der Waals surface area contributed by atoms with Crippen LogP contribution >= 0.6 is 23.2 Å². The van der Waals surface area contributed by atoms with E-state index < -0.39 is 18.2 Å². The number of carbonyl (C=O) groups is 1. The van der Waals surface area contributed by atoms with Crippen molar-refractivity contribution in [3.63, 3.8) is 0 Å². The van der Waals surface area contributed by atoms with E-state index in [9.17, 15) is 14.3 Å². The zero-order valence-corrected chi connectivity index (χ0v) is 22.0. The number of halogens is 3. The minimum atomic E-state index is -0.607. The number of hydrogen-bond donors (Lipinski definition) is 2. The highest BCUT2D eigenvalue weighted by Crippen LogP contribution is 2.27. The number of aliphatic hydroxyl groups is 1. The van der Waals surface area contributed by atoms with E-state index in [-0.39, 0.29) is 18.4 Å². The number of benzene rings is 1. The second-order valence-electron chi connectivity index (χ2n) is 8.68. The zero-order valence-electron chi connectivity index (χ0n) is 20.5. The van der Waals surface area contributed by atoms with Crippen molar-refractivity contribution in [2.24, 2.45) is 5.92 Å². The van der Waals surface area contributed by atoms with Crippen molar-refractivity contribution in [2.75, 3.05) is 26.2 Å². The Morgan fingerprint density at radius 3 is 2.74 bits per heavy atom. The number of alkyl carbamates (subject to hydrolysis) is 1. The van der Waals surface area contributed by atoms with Gasteiger partial charge in [0.05, 0.1) is 52.4 Å². The average molecular weight is 529 g/mol. The minimum Gasteiger partial charge on any atom is -0.444 e. The van der Waals surface area contributed by atoms with Gasteiger partial charge in [-0.15, -0.1) is 6.58 Å². The van der Waals surface area contributed by atoms with E-state index in [1.807, 2.05) is 18.4 Å². The summed E-state index contributed by atoms with van der Waals surface area (Å²) in [7, 11) is 0. The molecule has 0 bridgehead atoms. The highest BCUT2D eigenvalue weighted by molar-refractivity contribution is 6.42. The van der Waals surface area contributed by atoms with Crippen LogP contribution in [0.1, 0.15) is 33.6 Å². The fourth-order valence-electron chi connectivity index (χ4n) is 3.78. The number of rotatable bonds is 14. The van der Waals surface area contributed by atoms with Crippen molar-refractivity contribution in [3.05, 3.63) is 53.1 Å². The van der Waals surface area contributed by atoms with Crippen LogP contribution in [0.2, 0.25) is 10.0 Å². The summed E-state index contributed by atoms with van der Waals surface area (Å²) in [4.78, 5) is 19.0. The molecule has 0 fully saturated rings. The smallest absolute Gasteiger partial charge is 0.407 e. The quantitative estimate of drug-likeness (QED) is 0.312. The maximum absolute atomic E-state index is 13.1. The molecule has 0 saturated carbocycles. The van der Waals surface area contributed by atoms with E-state index in [1.165, 1.54) is 6.92 Å². The Labute approximate surface area is 216 Å². The van der Waals surface area contributed by atoms with E-state index in [2.05, 4.69) is 21.8 Å². The monoisotopic (exact) mass is 528 g/mol. The van der Waals surface area contributed by atoms with Crippen LogP contribution in [-0.2, 0) is 11.3 Å². The van der Waals surface area contributed by atoms with Crippen molar-refractivity contribution in [1.29, 1.82) is 0 Å². The number of nitrogens with one attached hydrogen (secondary N) is 1. The van der Waals surface area contributed by atoms with Gasteiger partial charge < -0.3 is 19.7 Å². The predicted molar refractivity (Wildman–Crippen MR) is 140 cm³/mol. The van der Waals surface area contributed by atoms with E-state index >= 15 is 0 Å². The van der Waals surface area contributed by atoms with Crippen LogP contribution in [0.5, 0.6) is 0 Å².